The van der Waals surface area contributed by atoms with Crippen LogP contribution in [-0.2, 0) is 0 Å². The maximum atomic E-state index is 4.13. The van der Waals surface area contributed by atoms with Crippen LogP contribution in [-0.4, -0.2) is 36.1 Å². The van der Waals surface area contributed by atoms with E-state index in [1.165, 1.54) is 22.0 Å². The van der Waals surface area contributed by atoms with Gasteiger partial charge >= 0.3 is 0 Å². The monoisotopic (exact) mass is 341 g/mol. The van der Waals surface area contributed by atoms with Crippen LogP contribution in [0.3, 0.4) is 0 Å². The van der Waals surface area contributed by atoms with Gasteiger partial charge in [0.15, 0.2) is 0 Å². The van der Waals surface area contributed by atoms with Crippen molar-refractivity contribution < 1.29 is 0 Å². The number of piperazine rings is 1. The number of hydrogen-bond donors (Lipinski definition) is 2. The fourth-order valence-electron chi connectivity index (χ4n) is 3.13. The fraction of sp³-hybridized carbons (Fsp3) is 0.412. The molecule has 0 saturated carbocycles. The van der Waals surface area contributed by atoms with Gasteiger partial charge in [0, 0.05) is 49.3 Å². The molecule has 0 unspecified atom stereocenters. The van der Waals surface area contributed by atoms with E-state index >= 15 is 0 Å². The summed E-state index contributed by atoms with van der Waals surface area (Å²) in [7, 11) is 0. The Morgan fingerprint density at radius 3 is 2.59 bits per heavy atom. The highest BCUT2D eigenvalue weighted by molar-refractivity contribution is 5.85. The summed E-state index contributed by atoms with van der Waals surface area (Å²) in [6.07, 6.45) is 3.21. The summed E-state index contributed by atoms with van der Waals surface area (Å²) in [5, 5.41) is 4.78. The number of nitrogens with one attached hydrogen (secondary N) is 2. The molecule has 22 heavy (non-hydrogen) atoms. The second-order valence-electron chi connectivity index (χ2n) is 5.75. The highest BCUT2D eigenvalue weighted by atomic mass is 35.5. The molecule has 0 spiro atoms. The molecule has 1 aliphatic heterocycles. The van der Waals surface area contributed by atoms with Gasteiger partial charge in [-0.25, -0.2) is 0 Å². The minimum Gasteiger partial charge on any atom is -0.361 e. The topological polar surface area (TPSA) is 31.1 Å². The molecule has 0 radical (unpaired) electrons. The zero-order valence-corrected chi connectivity index (χ0v) is 14.6. The third kappa shape index (κ3) is 4.05. The van der Waals surface area contributed by atoms with Gasteiger partial charge in [-0.15, -0.1) is 31.4 Å². The van der Waals surface area contributed by atoms with Crippen molar-refractivity contribution in [2.45, 2.75) is 19.4 Å². The van der Waals surface area contributed by atoms with E-state index in [9.17, 15) is 0 Å². The minimum atomic E-state index is 0. The average molecular weight is 342 g/mol. The largest absolute Gasteiger partial charge is 0.361 e. The zero-order chi connectivity index (χ0) is 13.9. The van der Waals surface area contributed by atoms with E-state index in [0.717, 1.165) is 32.6 Å². The summed E-state index contributed by atoms with van der Waals surface area (Å²) in [6, 6.07) is 9.00. The minimum absolute atomic E-state index is 0. The van der Waals surface area contributed by atoms with Gasteiger partial charge in [-0.1, -0.05) is 23.8 Å². The lowest BCUT2D eigenvalue weighted by atomic mass is 9.97. The quantitative estimate of drug-likeness (QED) is 0.825. The van der Waals surface area contributed by atoms with Crippen molar-refractivity contribution in [1.29, 1.82) is 0 Å². The Balaban J connectivity index is 0.00000121. The van der Waals surface area contributed by atoms with Crippen LogP contribution in [0.1, 0.15) is 24.9 Å². The van der Waals surface area contributed by atoms with Crippen LogP contribution in [0.25, 0.3) is 10.9 Å². The molecule has 0 amide bonds. The van der Waals surface area contributed by atoms with Gasteiger partial charge < -0.3 is 10.3 Å². The van der Waals surface area contributed by atoms with E-state index in [-0.39, 0.29) is 24.8 Å². The average Bonchev–Trinajstić information content (AvgIpc) is 2.89. The van der Waals surface area contributed by atoms with Crippen LogP contribution in [0.2, 0.25) is 0 Å². The second-order valence-corrected chi connectivity index (χ2v) is 5.75. The summed E-state index contributed by atoms with van der Waals surface area (Å²) in [6.45, 7) is 10.6. The van der Waals surface area contributed by atoms with Crippen molar-refractivity contribution in [2.24, 2.45) is 0 Å². The van der Waals surface area contributed by atoms with Crippen LogP contribution in [0.4, 0.5) is 0 Å². The smallest absolute Gasteiger partial charge is 0.0457 e. The van der Waals surface area contributed by atoms with Crippen LogP contribution in [0.5, 0.6) is 0 Å². The Kier molecular flexibility index (Phi) is 7.43. The van der Waals surface area contributed by atoms with Crippen molar-refractivity contribution in [3.63, 3.8) is 0 Å². The van der Waals surface area contributed by atoms with E-state index in [1.807, 2.05) is 0 Å². The molecule has 1 fully saturated rings. The number of aromatic amines is 1. The molecule has 2 heterocycles. The summed E-state index contributed by atoms with van der Waals surface area (Å²) in [5.41, 5.74) is 3.88. The highest BCUT2D eigenvalue weighted by Crippen LogP contribution is 2.32. The van der Waals surface area contributed by atoms with Gasteiger partial charge in [0.1, 0.15) is 0 Å². The fourth-order valence-corrected chi connectivity index (χ4v) is 3.13. The Bertz CT molecular complexity index is 603. The maximum absolute atomic E-state index is 4.13. The molecule has 1 aliphatic rings. The van der Waals surface area contributed by atoms with Gasteiger partial charge in [0.25, 0.3) is 0 Å². The number of benzene rings is 1. The van der Waals surface area contributed by atoms with Crippen molar-refractivity contribution in [3.05, 3.63) is 48.2 Å². The Morgan fingerprint density at radius 2 is 1.91 bits per heavy atom. The van der Waals surface area contributed by atoms with E-state index in [1.54, 1.807) is 0 Å². The first kappa shape index (κ1) is 19.0. The first-order chi connectivity index (χ1) is 9.75. The predicted octanol–water partition coefficient (Wildman–Crippen LogP) is 3.92. The third-order valence-electron chi connectivity index (χ3n) is 4.11. The van der Waals surface area contributed by atoms with Crippen molar-refractivity contribution in [1.82, 2.24) is 15.2 Å². The molecule has 1 atom stereocenters. The van der Waals surface area contributed by atoms with E-state index in [0.29, 0.717) is 6.04 Å². The molecule has 2 N–H and O–H groups in total. The molecule has 0 aliphatic carbocycles. The summed E-state index contributed by atoms with van der Waals surface area (Å²) in [4.78, 5) is 5.99. The molecule has 3 nitrogen and oxygen atoms in total. The van der Waals surface area contributed by atoms with Crippen LogP contribution >= 0.6 is 24.8 Å². The van der Waals surface area contributed by atoms with Crippen LogP contribution in [0.15, 0.2) is 42.6 Å². The molecule has 122 valence electrons. The second kappa shape index (κ2) is 8.59. The van der Waals surface area contributed by atoms with Gasteiger partial charge in [0.05, 0.1) is 0 Å². The number of fused-ring (bicyclic) bond motifs is 1. The Morgan fingerprint density at radius 1 is 1.23 bits per heavy atom. The number of rotatable bonds is 4. The number of para-hydroxylation sites is 1. The van der Waals surface area contributed by atoms with Crippen molar-refractivity contribution in [2.75, 3.05) is 26.2 Å². The number of hydrogen-bond acceptors (Lipinski definition) is 2. The van der Waals surface area contributed by atoms with E-state index < -0.39 is 0 Å². The normalized spacial score (nSPS) is 16.6. The van der Waals surface area contributed by atoms with E-state index in [4.69, 9.17) is 0 Å². The third-order valence-corrected chi connectivity index (χ3v) is 4.11. The highest BCUT2D eigenvalue weighted by Gasteiger charge is 2.24. The summed E-state index contributed by atoms with van der Waals surface area (Å²) in [5.74, 6) is 0. The molecule has 2 aromatic rings. The standard InChI is InChI=1S/C17H23N3.2ClH/c1-13(2)11-17(20-9-7-18-8-10-20)15-12-19-16-6-4-3-5-14(15)16;;/h3-6,12,17-19H,1,7-11H2,2H3;2*1H/t17-;;/m0../s1. The lowest BCUT2D eigenvalue weighted by Crippen LogP contribution is -2.45. The zero-order valence-electron chi connectivity index (χ0n) is 13.0. The van der Waals surface area contributed by atoms with Crippen molar-refractivity contribution >= 4 is 35.7 Å². The molecule has 1 saturated heterocycles. The lowest BCUT2D eigenvalue weighted by molar-refractivity contribution is 0.173. The SMILES string of the molecule is C=C(C)C[C@@H](c1c[nH]c2ccccc12)N1CCNCC1.Cl.Cl. The van der Waals surface area contributed by atoms with E-state index in [2.05, 4.69) is 59.2 Å². The Hall–Kier alpha value is -1.000. The number of halogens is 2. The Labute approximate surface area is 145 Å². The van der Waals surface area contributed by atoms with Gasteiger partial charge in [-0.05, 0) is 25.0 Å². The molecule has 1 aromatic heterocycles. The van der Waals surface area contributed by atoms with Crippen LogP contribution < -0.4 is 5.32 Å². The summed E-state index contributed by atoms with van der Waals surface area (Å²) < 4.78 is 0. The number of H-pyrrole nitrogens is 1. The molecule has 1 aromatic carbocycles. The number of aromatic nitrogens is 1. The molecular formula is C17H25Cl2N3. The van der Waals surface area contributed by atoms with Gasteiger partial charge in [-0.2, -0.15) is 0 Å². The van der Waals surface area contributed by atoms with Crippen LogP contribution in [0, 0.1) is 0 Å². The maximum Gasteiger partial charge on any atom is 0.0457 e. The molecular weight excluding hydrogens is 317 g/mol. The molecule has 5 heteroatoms. The summed E-state index contributed by atoms with van der Waals surface area (Å²) >= 11 is 0. The van der Waals surface area contributed by atoms with Gasteiger partial charge in [0.2, 0.25) is 0 Å². The lowest BCUT2D eigenvalue weighted by Gasteiger charge is -2.35. The predicted molar refractivity (Wildman–Crippen MR) is 99.4 cm³/mol. The number of nitrogens with zero attached hydrogens (tertiary/aromatic N) is 1. The molecule has 3 rings (SSSR count). The first-order valence-electron chi connectivity index (χ1n) is 7.41. The molecule has 0 bridgehead atoms. The first-order valence-corrected chi connectivity index (χ1v) is 7.41. The van der Waals surface area contributed by atoms with Crippen molar-refractivity contribution in [3.8, 4) is 0 Å². The van der Waals surface area contributed by atoms with Gasteiger partial charge in [-0.3, -0.25) is 4.90 Å².